The summed E-state index contributed by atoms with van der Waals surface area (Å²) in [6, 6.07) is 10.2. The molecule has 5 nitrogen and oxygen atoms in total. The van der Waals surface area contributed by atoms with E-state index in [-0.39, 0.29) is 12.0 Å². The second kappa shape index (κ2) is 6.75. The van der Waals surface area contributed by atoms with Crippen molar-refractivity contribution in [2.75, 3.05) is 14.2 Å². The molecule has 6 heteroatoms. The number of thiazole rings is 1. The van der Waals surface area contributed by atoms with Gasteiger partial charge in [-0.15, -0.1) is 11.3 Å². The Morgan fingerprint density at radius 3 is 2.88 bits per heavy atom. The zero-order valence-corrected chi connectivity index (χ0v) is 15.1. The van der Waals surface area contributed by atoms with Crippen LogP contribution in [0.5, 0.6) is 0 Å². The normalized spacial score (nSPS) is 13.8. The number of hydrogen-bond acceptors (Lipinski definition) is 5. The highest BCUT2D eigenvalue weighted by Gasteiger charge is 2.23. The number of hydrogen-bond donors (Lipinski definition) is 1. The Labute approximate surface area is 144 Å². The zero-order chi connectivity index (χ0) is 17.3. The van der Waals surface area contributed by atoms with Gasteiger partial charge >= 0.3 is 5.97 Å². The first kappa shape index (κ1) is 16.7. The van der Waals surface area contributed by atoms with E-state index in [0.717, 1.165) is 16.3 Å². The highest BCUT2D eigenvalue weighted by Crippen LogP contribution is 2.25. The van der Waals surface area contributed by atoms with Crippen LogP contribution in [0.25, 0.3) is 10.2 Å². The van der Waals surface area contributed by atoms with Crippen LogP contribution in [0, 0.1) is 6.92 Å². The number of methoxy groups -OCH3 is 1. The Bertz CT molecular complexity index is 835. The molecular formula is C18H21N2O3S+. The van der Waals surface area contributed by atoms with E-state index < -0.39 is 0 Å². The number of benzene rings is 1. The molecule has 0 radical (unpaired) electrons. The third kappa shape index (κ3) is 3.20. The Kier molecular flexibility index (Phi) is 4.69. The topological polar surface area (TPSA) is 56.8 Å². The summed E-state index contributed by atoms with van der Waals surface area (Å²) in [5.41, 5.74) is 1.53. The molecule has 0 bridgehead atoms. The van der Waals surface area contributed by atoms with Gasteiger partial charge in [0.1, 0.15) is 23.9 Å². The van der Waals surface area contributed by atoms with Crippen molar-refractivity contribution in [3.05, 3.63) is 52.4 Å². The van der Waals surface area contributed by atoms with Crippen molar-refractivity contribution >= 4 is 27.5 Å². The molecule has 0 amide bonds. The molecule has 0 aliphatic rings. The van der Waals surface area contributed by atoms with E-state index in [9.17, 15) is 4.79 Å². The average molecular weight is 345 g/mol. The summed E-state index contributed by atoms with van der Waals surface area (Å²) < 4.78 is 11.7. The van der Waals surface area contributed by atoms with E-state index in [1.807, 2.05) is 18.2 Å². The van der Waals surface area contributed by atoms with Crippen molar-refractivity contribution in [2.45, 2.75) is 26.4 Å². The fourth-order valence-electron chi connectivity index (χ4n) is 2.66. The van der Waals surface area contributed by atoms with Crippen molar-refractivity contribution in [1.82, 2.24) is 4.98 Å². The summed E-state index contributed by atoms with van der Waals surface area (Å²) >= 11 is 1.72. The Morgan fingerprint density at radius 1 is 1.42 bits per heavy atom. The maximum atomic E-state index is 11.7. The van der Waals surface area contributed by atoms with Crippen molar-refractivity contribution in [1.29, 1.82) is 0 Å². The first-order valence-corrected chi connectivity index (χ1v) is 8.66. The van der Waals surface area contributed by atoms with E-state index in [4.69, 9.17) is 14.1 Å². The maximum absolute atomic E-state index is 11.7. The molecule has 0 aliphatic heterocycles. The van der Waals surface area contributed by atoms with Crippen molar-refractivity contribution in [3.63, 3.8) is 0 Å². The van der Waals surface area contributed by atoms with Gasteiger partial charge in [-0.25, -0.2) is 9.78 Å². The number of ether oxygens (including phenoxy) is 1. The van der Waals surface area contributed by atoms with Crippen LogP contribution in [0.3, 0.4) is 0 Å². The molecule has 24 heavy (non-hydrogen) atoms. The third-order valence-electron chi connectivity index (χ3n) is 4.25. The molecule has 2 heterocycles. The molecule has 1 aromatic carbocycles. The molecule has 1 N–H and O–H groups in total. The number of quaternary nitrogens is 1. The maximum Gasteiger partial charge on any atom is 0.341 e. The molecule has 0 aliphatic carbocycles. The average Bonchev–Trinajstić information content (AvgIpc) is 3.16. The number of fused-ring (bicyclic) bond motifs is 1. The molecule has 0 saturated carbocycles. The molecule has 2 atom stereocenters. The Hall–Kier alpha value is -2.18. The SMILES string of the molecule is COC(=O)c1cc(C[NH+](C)[C@@H](C)c2nc3ccccc3s2)oc1C. The number of rotatable bonds is 5. The molecule has 3 aromatic rings. The predicted molar refractivity (Wildman–Crippen MR) is 93.4 cm³/mol. The summed E-state index contributed by atoms with van der Waals surface area (Å²) in [6.45, 7) is 4.61. The van der Waals surface area contributed by atoms with E-state index in [2.05, 4.69) is 20.0 Å². The first-order valence-electron chi connectivity index (χ1n) is 7.85. The lowest BCUT2D eigenvalue weighted by Crippen LogP contribution is -3.07. The van der Waals surface area contributed by atoms with Crippen LogP contribution >= 0.6 is 11.3 Å². The molecule has 3 rings (SSSR count). The predicted octanol–water partition coefficient (Wildman–Crippen LogP) is 2.76. The number of carbonyl (C=O) groups is 1. The molecule has 126 valence electrons. The molecule has 1 unspecified atom stereocenters. The molecule has 0 spiro atoms. The van der Waals surface area contributed by atoms with E-state index in [1.165, 1.54) is 16.7 Å². The van der Waals surface area contributed by atoms with Crippen LogP contribution in [0.1, 0.15) is 39.9 Å². The summed E-state index contributed by atoms with van der Waals surface area (Å²) in [6.07, 6.45) is 0. The highest BCUT2D eigenvalue weighted by molar-refractivity contribution is 7.18. The third-order valence-corrected chi connectivity index (χ3v) is 5.47. The number of nitrogens with zero attached hydrogens (tertiary/aromatic N) is 1. The van der Waals surface area contributed by atoms with Gasteiger partial charge in [0.05, 0.1) is 24.4 Å². The Morgan fingerprint density at radius 2 is 2.17 bits per heavy atom. The van der Waals surface area contributed by atoms with Gasteiger partial charge in [-0.1, -0.05) is 12.1 Å². The quantitative estimate of drug-likeness (QED) is 0.723. The number of furan rings is 1. The lowest BCUT2D eigenvalue weighted by atomic mass is 10.2. The van der Waals surface area contributed by atoms with Crippen molar-refractivity contribution in [2.24, 2.45) is 0 Å². The van der Waals surface area contributed by atoms with Gasteiger partial charge < -0.3 is 14.1 Å². The van der Waals surface area contributed by atoms with Crippen molar-refractivity contribution < 1.29 is 18.8 Å². The Balaban J connectivity index is 1.76. The number of esters is 1. The standard InChI is InChI=1S/C18H20N2O3S/c1-11(17-19-15-7-5-6-8-16(15)24-17)20(3)10-13-9-14(12(2)23-13)18(21)22-4/h5-9,11H,10H2,1-4H3/p+1/t11-/m0/s1. The highest BCUT2D eigenvalue weighted by atomic mass is 32.1. The summed E-state index contributed by atoms with van der Waals surface area (Å²) in [4.78, 5) is 17.7. The summed E-state index contributed by atoms with van der Waals surface area (Å²) in [5.74, 6) is 1.01. The number of nitrogens with one attached hydrogen (secondary N) is 1. The molecule has 0 saturated heterocycles. The number of aryl methyl sites for hydroxylation is 1. The van der Waals surface area contributed by atoms with E-state index in [1.54, 1.807) is 24.3 Å². The van der Waals surface area contributed by atoms with Crippen LogP contribution in [-0.2, 0) is 11.3 Å². The van der Waals surface area contributed by atoms with Crippen LogP contribution in [0.2, 0.25) is 0 Å². The minimum atomic E-state index is -0.362. The largest absolute Gasteiger partial charge is 0.465 e. The lowest BCUT2D eigenvalue weighted by molar-refractivity contribution is -0.924. The van der Waals surface area contributed by atoms with Gasteiger partial charge in [0.15, 0.2) is 10.8 Å². The van der Waals surface area contributed by atoms with Crippen molar-refractivity contribution in [3.8, 4) is 0 Å². The summed E-state index contributed by atoms with van der Waals surface area (Å²) in [5, 5.41) is 1.10. The van der Waals surface area contributed by atoms with E-state index in [0.29, 0.717) is 17.9 Å². The van der Waals surface area contributed by atoms with Gasteiger partial charge in [-0.2, -0.15) is 0 Å². The van der Waals surface area contributed by atoms with Gasteiger partial charge in [0.25, 0.3) is 0 Å². The first-order chi connectivity index (χ1) is 11.5. The molecule has 0 fully saturated rings. The monoisotopic (exact) mass is 345 g/mol. The lowest BCUT2D eigenvalue weighted by Gasteiger charge is -2.18. The second-order valence-corrected chi connectivity index (χ2v) is 7.00. The van der Waals surface area contributed by atoms with Crippen LogP contribution in [-0.4, -0.2) is 25.1 Å². The van der Waals surface area contributed by atoms with Gasteiger partial charge in [0, 0.05) is 6.07 Å². The van der Waals surface area contributed by atoms with Crippen LogP contribution in [0.4, 0.5) is 0 Å². The minimum Gasteiger partial charge on any atom is -0.465 e. The number of carbonyl (C=O) groups excluding carboxylic acids is 1. The van der Waals surface area contributed by atoms with Gasteiger partial charge in [0.2, 0.25) is 0 Å². The van der Waals surface area contributed by atoms with Gasteiger partial charge in [-0.3, -0.25) is 0 Å². The molecule has 2 aromatic heterocycles. The molecular weight excluding hydrogens is 324 g/mol. The smallest absolute Gasteiger partial charge is 0.341 e. The van der Waals surface area contributed by atoms with Gasteiger partial charge in [-0.05, 0) is 26.0 Å². The zero-order valence-electron chi connectivity index (χ0n) is 14.3. The number of para-hydroxylation sites is 1. The minimum absolute atomic E-state index is 0.231. The van der Waals surface area contributed by atoms with Crippen LogP contribution in [0.15, 0.2) is 34.7 Å². The van der Waals surface area contributed by atoms with E-state index >= 15 is 0 Å². The second-order valence-electron chi connectivity index (χ2n) is 5.94. The fraction of sp³-hybridized carbons (Fsp3) is 0.333. The van der Waals surface area contributed by atoms with Crippen LogP contribution < -0.4 is 4.90 Å². The fourth-order valence-corrected chi connectivity index (χ4v) is 3.77. The summed E-state index contributed by atoms with van der Waals surface area (Å²) in [7, 11) is 3.48. The number of aromatic nitrogens is 1.